The molecule has 12 heteroatoms. The molecule has 0 aliphatic heterocycles. The maximum atomic E-state index is 12.9. The van der Waals surface area contributed by atoms with Crippen LogP contribution in [0.3, 0.4) is 0 Å². The molecule has 0 aliphatic carbocycles. The lowest BCUT2D eigenvalue weighted by Crippen LogP contribution is -2.54. The third-order valence-electron chi connectivity index (χ3n) is 5.25. The second kappa shape index (κ2) is 14.5. The molecule has 35 heavy (non-hydrogen) atoms. The van der Waals surface area contributed by atoms with Crippen LogP contribution in [-0.4, -0.2) is 70.0 Å². The first-order chi connectivity index (χ1) is 16.8. The number of carbonyl (C=O) groups excluding carboxylic acids is 3. The van der Waals surface area contributed by atoms with Crippen molar-refractivity contribution in [2.75, 3.05) is 13.1 Å². The van der Waals surface area contributed by atoms with Crippen LogP contribution in [0.5, 0.6) is 0 Å². The molecule has 12 nitrogen and oxygen atoms in total. The van der Waals surface area contributed by atoms with Crippen LogP contribution in [0.4, 0.5) is 0 Å². The van der Waals surface area contributed by atoms with Gasteiger partial charge < -0.3 is 37.5 Å². The topological polar surface area (TPSA) is 205 Å². The zero-order chi connectivity index (χ0) is 25.6. The third kappa shape index (κ3) is 9.94. The van der Waals surface area contributed by atoms with Gasteiger partial charge in [0.05, 0.1) is 18.9 Å². The highest BCUT2D eigenvalue weighted by atomic mass is 16.4. The fourth-order valence-electron chi connectivity index (χ4n) is 3.35. The number of carboxylic acids is 1. The zero-order valence-electron chi connectivity index (χ0n) is 19.4. The largest absolute Gasteiger partial charge is 0.480 e. The number of carbonyl (C=O) groups is 4. The van der Waals surface area contributed by atoms with Crippen molar-refractivity contribution < 1.29 is 24.3 Å². The number of nitrogens with one attached hydrogen (secondary N) is 4. The molecule has 2 unspecified atom stereocenters. The summed E-state index contributed by atoms with van der Waals surface area (Å²) in [6, 6.07) is 5.86. The molecule has 3 atom stereocenters. The van der Waals surface area contributed by atoms with E-state index in [0.717, 1.165) is 5.56 Å². The maximum Gasteiger partial charge on any atom is 0.326 e. The minimum atomic E-state index is -1.19. The van der Waals surface area contributed by atoms with Crippen LogP contribution in [0.25, 0.3) is 0 Å². The summed E-state index contributed by atoms with van der Waals surface area (Å²) >= 11 is 0. The Morgan fingerprint density at radius 1 is 1.00 bits per heavy atom. The number of hydrogen-bond donors (Lipinski definition) is 7. The first kappa shape index (κ1) is 27.5. The quantitative estimate of drug-likeness (QED) is 0.152. The molecule has 1 aromatic carbocycles. The number of H-pyrrole nitrogens is 1. The van der Waals surface area contributed by atoms with Gasteiger partial charge in [-0.05, 0) is 31.4 Å². The Labute approximate surface area is 203 Å². The molecule has 0 bridgehead atoms. The van der Waals surface area contributed by atoms with E-state index >= 15 is 0 Å². The standard InChI is InChI=1S/C23H33N7O5/c24-9-5-4-8-18(22(33)30-19(23(34)35)10-15-6-2-1-3-7-15)29-20(31)13-27-21(32)17(25)11-16-12-26-14-28-16/h1-3,6-7,12,14,17-19H,4-5,8-11,13,24-25H2,(H,26,28)(H,27,32)(H,29,31)(H,30,33)(H,34,35)/t17?,18?,19-/m0/s1. The van der Waals surface area contributed by atoms with Crippen molar-refractivity contribution in [1.82, 2.24) is 25.9 Å². The predicted octanol–water partition coefficient (Wildman–Crippen LogP) is -1.18. The van der Waals surface area contributed by atoms with Gasteiger partial charge in [0, 0.05) is 24.7 Å². The molecule has 0 fully saturated rings. The summed E-state index contributed by atoms with van der Waals surface area (Å²) in [5.74, 6) is -2.95. The van der Waals surface area contributed by atoms with Crippen molar-refractivity contribution in [2.45, 2.75) is 50.2 Å². The highest BCUT2D eigenvalue weighted by Crippen LogP contribution is 2.06. The number of unbranched alkanes of at least 4 members (excludes halogenated alkanes) is 1. The predicted molar refractivity (Wildman–Crippen MR) is 128 cm³/mol. The van der Waals surface area contributed by atoms with E-state index in [0.29, 0.717) is 25.1 Å². The molecule has 9 N–H and O–H groups in total. The second-order valence-electron chi connectivity index (χ2n) is 8.10. The van der Waals surface area contributed by atoms with Crippen LogP contribution < -0.4 is 27.4 Å². The fraction of sp³-hybridized carbons (Fsp3) is 0.435. The zero-order valence-corrected chi connectivity index (χ0v) is 19.4. The van der Waals surface area contributed by atoms with Crippen molar-refractivity contribution in [3.8, 4) is 0 Å². The van der Waals surface area contributed by atoms with Gasteiger partial charge >= 0.3 is 5.97 Å². The normalized spacial score (nSPS) is 13.3. The van der Waals surface area contributed by atoms with E-state index < -0.39 is 41.8 Å². The van der Waals surface area contributed by atoms with Gasteiger partial charge in [0.2, 0.25) is 17.7 Å². The molecule has 0 aliphatic rings. The average molecular weight is 488 g/mol. The van der Waals surface area contributed by atoms with Gasteiger partial charge in [-0.2, -0.15) is 0 Å². The number of aromatic amines is 1. The van der Waals surface area contributed by atoms with Crippen LogP contribution in [0, 0.1) is 0 Å². The van der Waals surface area contributed by atoms with Gasteiger partial charge in [-0.25, -0.2) is 9.78 Å². The van der Waals surface area contributed by atoms with E-state index in [2.05, 4.69) is 25.9 Å². The summed E-state index contributed by atoms with van der Waals surface area (Å²) in [5.41, 5.74) is 12.8. The molecular weight excluding hydrogens is 454 g/mol. The number of nitrogens with zero attached hydrogens (tertiary/aromatic N) is 1. The minimum Gasteiger partial charge on any atom is -0.480 e. The van der Waals surface area contributed by atoms with E-state index in [1.54, 1.807) is 30.5 Å². The van der Waals surface area contributed by atoms with Crippen LogP contribution in [0.1, 0.15) is 30.5 Å². The fourth-order valence-corrected chi connectivity index (χ4v) is 3.35. The SMILES string of the molecule is NCCCCC(NC(=O)CNC(=O)C(N)Cc1cnc[nH]1)C(=O)N[C@@H](Cc1ccccc1)C(=O)O. The van der Waals surface area contributed by atoms with Crippen LogP contribution in [0.2, 0.25) is 0 Å². The molecule has 1 heterocycles. The third-order valence-corrected chi connectivity index (χ3v) is 5.25. The lowest BCUT2D eigenvalue weighted by Gasteiger charge is -2.22. The number of aromatic nitrogens is 2. The number of nitrogens with two attached hydrogens (primary N) is 2. The van der Waals surface area contributed by atoms with E-state index in [-0.39, 0.29) is 25.8 Å². The number of hydrogen-bond acceptors (Lipinski definition) is 7. The van der Waals surface area contributed by atoms with E-state index in [4.69, 9.17) is 11.5 Å². The molecule has 190 valence electrons. The Morgan fingerprint density at radius 3 is 2.37 bits per heavy atom. The van der Waals surface area contributed by atoms with Gasteiger partial charge in [-0.3, -0.25) is 14.4 Å². The Kier molecular flexibility index (Phi) is 11.4. The number of amides is 3. The summed E-state index contributed by atoms with van der Waals surface area (Å²) in [6.45, 7) is 0.0286. The number of rotatable bonds is 15. The number of imidazole rings is 1. The summed E-state index contributed by atoms with van der Waals surface area (Å²) in [5, 5.41) is 17.1. The lowest BCUT2D eigenvalue weighted by atomic mass is 10.0. The van der Waals surface area contributed by atoms with Gasteiger partial charge in [0.25, 0.3) is 0 Å². The molecular formula is C23H33N7O5. The van der Waals surface area contributed by atoms with Gasteiger partial charge in [-0.15, -0.1) is 0 Å². The van der Waals surface area contributed by atoms with E-state index in [9.17, 15) is 24.3 Å². The monoisotopic (exact) mass is 487 g/mol. The molecule has 0 saturated carbocycles. The molecule has 0 spiro atoms. The Hall–Kier alpha value is -3.77. The smallest absolute Gasteiger partial charge is 0.326 e. The Balaban J connectivity index is 1.92. The van der Waals surface area contributed by atoms with Crippen LogP contribution in [0.15, 0.2) is 42.9 Å². The van der Waals surface area contributed by atoms with Crippen molar-refractivity contribution >= 4 is 23.7 Å². The lowest BCUT2D eigenvalue weighted by molar-refractivity contribution is -0.142. The first-order valence-electron chi connectivity index (χ1n) is 11.4. The summed E-state index contributed by atoms with van der Waals surface area (Å²) in [6.07, 6.45) is 4.77. The van der Waals surface area contributed by atoms with Crippen molar-refractivity contribution in [3.63, 3.8) is 0 Å². The van der Waals surface area contributed by atoms with E-state index in [1.165, 1.54) is 6.33 Å². The van der Waals surface area contributed by atoms with Gasteiger partial charge in [0.15, 0.2) is 0 Å². The van der Waals surface area contributed by atoms with Crippen molar-refractivity contribution in [2.24, 2.45) is 11.5 Å². The number of aliphatic carboxylic acids is 1. The van der Waals surface area contributed by atoms with Gasteiger partial charge in [-0.1, -0.05) is 30.3 Å². The first-order valence-corrected chi connectivity index (χ1v) is 11.4. The highest BCUT2D eigenvalue weighted by molar-refractivity contribution is 5.92. The summed E-state index contributed by atoms with van der Waals surface area (Å²) < 4.78 is 0. The van der Waals surface area contributed by atoms with E-state index in [1.807, 2.05) is 6.07 Å². The average Bonchev–Trinajstić information content (AvgIpc) is 3.35. The molecule has 1 aromatic heterocycles. The molecule has 0 radical (unpaired) electrons. The molecule has 0 saturated heterocycles. The summed E-state index contributed by atoms with van der Waals surface area (Å²) in [4.78, 5) is 55.9. The molecule has 3 amide bonds. The number of benzene rings is 1. The van der Waals surface area contributed by atoms with Crippen molar-refractivity contribution in [3.05, 3.63) is 54.1 Å². The second-order valence-corrected chi connectivity index (χ2v) is 8.10. The molecule has 2 rings (SSSR count). The summed E-state index contributed by atoms with van der Waals surface area (Å²) in [7, 11) is 0. The Bertz CT molecular complexity index is 952. The molecule has 2 aromatic rings. The number of carboxylic acid groups (broad SMARTS) is 1. The Morgan fingerprint density at radius 2 is 1.74 bits per heavy atom. The maximum absolute atomic E-state index is 12.9. The highest BCUT2D eigenvalue weighted by Gasteiger charge is 2.27. The van der Waals surface area contributed by atoms with Crippen LogP contribution >= 0.6 is 0 Å². The van der Waals surface area contributed by atoms with Crippen LogP contribution in [-0.2, 0) is 32.0 Å². The van der Waals surface area contributed by atoms with Crippen molar-refractivity contribution in [1.29, 1.82) is 0 Å². The minimum absolute atomic E-state index is 0.0929. The van der Waals surface area contributed by atoms with Gasteiger partial charge in [0.1, 0.15) is 12.1 Å².